The summed E-state index contributed by atoms with van der Waals surface area (Å²) >= 11 is 1.54. The molecule has 8 heteroatoms. The topological polar surface area (TPSA) is 73.0 Å². The molecule has 5 rings (SSSR count). The van der Waals surface area contributed by atoms with E-state index in [1.165, 1.54) is 6.42 Å². The van der Waals surface area contributed by atoms with Crippen molar-refractivity contribution in [2.75, 3.05) is 18.8 Å². The van der Waals surface area contributed by atoms with Crippen LogP contribution in [-0.4, -0.2) is 49.0 Å². The first-order valence-electron chi connectivity index (χ1n) is 9.68. The van der Waals surface area contributed by atoms with E-state index in [0.717, 1.165) is 31.6 Å². The van der Waals surface area contributed by atoms with Gasteiger partial charge in [0, 0.05) is 25.3 Å². The summed E-state index contributed by atoms with van der Waals surface area (Å²) in [6.07, 6.45) is 5.28. The number of hydrogen-bond donors (Lipinski definition) is 0. The third-order valence-corrected chi connectivity index (χ3v) is 6.59. The van der Waals surface area contributed by atoms with E-state index < -0.39 is 0 Å². The average molecular weight is 395 g/mol. The molecule has 0 spiro atoms. The second-order valence-corrected chi connectivity index (χ2v) is 8.30. The number of thioether (sulfide) groups is 1. The zero-order valence-corrected chi connectivity index (χ0v) is 16.3. The predicted octanol–water partition coefficient (Wildman–Crippen LogP) is 2.63. The highest BCUT2D eigenvalue weighted by Crippen LogP contribution is 2.34. The smallest absolute Gasteiger partial charge is 0.265 e. The molecule has 3 aromatic rings. The minimum atomic E-state index is -0.140. The monoisotopic (exact) mass is 395 g/mol. The molecule has 1 unspecified atom stereocenters. The zero-order valence-electron chi connectivity index (χ0n) is 15.5. The van der Waals surface area contributed by atoms with E-state index in [-0.39, 0.29) is 17.5 Å². The van der Waals surface area contributed by atoms with Gasteiger partial charge in [0.15, 0.2) is 10.8 Å². The molecule has 7 nitrogen and oxygen atoms in total. The van der Waals surface area contributed by atoms with Crippen LogP contribution in [0.1, 0.15) is 31.7 Å². The summed E-state index contributed by atoms with van der Waals surface area (Å²) in [6, 6.07) is 9.53. The largest absolute Gasteiger partial charge is 0.343 e. The number of benzene rings is 1. The second-order valence-electron chi connectivity index (χ2n) is 7.31. The van der Waals surface area contributed by atoms with Gasteiger partial charge in [0.2, 0.25) is 5.91 Å². The molecule has 0 radical (unpaired) electrons. The van der Waals surface area contributed by atoms with Crippen LogP contribution in [0.15, 0.2) is 46.5 Å². The molecule has 4 heterocycles. The van der Waals surface area contributed by atoms with Crippen LogP contribution in [0.3, 0.4) is 0 Å². The van der Waals surface area contributed by atoms with E-state index in [9.17, 15) is 9.59 Å². The molecule has 0 N–H and O–H groups in total. The minimum absolute atomic E-state index is 0.108. The van der Waals surface area contributed by atoms with Crippen molar-refractivity contribution in [3.05, 3.63) is 46.9 Å². The molecule has 1 amide bonds. The molecule has 28 heavy (non-hydrogen) atoms. The Morgan fingerprint density at radius 1 is 1.14 bits per heavy atom. The number of piperidine rings is 1. The van der Waals surface area contributed by atoms with Crippen LogP contribution in [0, 0.1) is 0 Å². The Kier molecular flexibility index (Phi) is 4.43. The lowest BCUT2D eigenvalue weighted by molar-refractivity contribution is -0.132. The maximum atomic E-state index is 13.2. The Morgan fingerprint density at radius 2 is 1.93 bits per heavy atom. The van der Waals surface area contributed by atoms with Gasteiger partial charge in [0.05, 0.1) is 17.9 Å². The molecule has 0 bridgehead atoms. The Labute approximate surface area is 166 Å². The third-order valence-electron chi connectivity index (χ3n) is 5.49. The maximum Gasteiger partial charge on any atom is 0.265 e. The number of aromatic nitrogens is 4. The standard InChI is InChI=1S/C20H21N5O2S/c26-17(23-9-5-2-6-10-23)11-15-13-28-20-22-18-16(19(27)24(15)20)12-21-25(18)14-7-3-1-4-8-14/h1,3-4,7-8,12,15H,2,5-6,9-11,13H2. The molecular formula is C20H21N5O2S. The second kappa shape index (κ2) is 7.09. The van der Waals surface area contributed by atoms with Gasteiger partial charge in [-0.3, -0.25) is 14.2 Å². The van der Waals surface area contributed by atoms with Gasteiger partial charge < -0.3 is 4.90 Å². The van der Waals surface area contributed by atoms with E-state index in [1.807, 2.05) is 35.2 Å². The first-order valence-corrected chi connectivity index (χ1v) is 10.7. The SMILES string of the molecule is O=C(CC1CSc2nc3c(cnn3-c3ccccc3)c(=O)n21)N1CCCCC1. The Hall–Kier alpha value is -2.61. The molecule has 1 atom stereocenters. The first kappa shape index (κ1) is 17.5. The van der Waals surface area contributed by atoms with E-state index in [0.29, 0.717) is 28.4 Å². The molecule has 144 valence electrons. The number of carbonyl (C=O) groups excluding carboxylic acids is 1. The van der Waals surface area contributed by atoms with Crippen molar-refractivity contribution in [3.63, 3.8) is 0 Å². The number of fused-ring (bicyclic) bond motifs is 2. The van der Waals surface area contributed by atoms with E-state index in [1.54, 1.807) is 27.2 Å². The molecule has 1 fully saturated rings. The van der Waals surface area contributed by atoms with Crippen molar-refractivity contribution in [2.45, 2.75) is 36.9 Å². The minimum Gasteiger partial charge on any atom is -0.343 e. The van der Waals surface area contributed by atoms with Gasteiger partial charge in [0.25, 0.3) is 5.56 Å². The fourth-order valence-corrected chi connectivity index (χ4v) is 5.14. The number of likely N-dealkylation sites (tertiary alicyclic amines) is 1. The summed E-state index contributed by atoms with van der Waals surface area (Å²) < 4.78 is 3.40. The lowest BCUT2D eigenvalue weighted by Crippen LogP contribution is -2.37. The first-order chi connectivity index (χ1) is 13.7. The fourth-order valence-electron chi connectivity index (χ4n) is 4.01. The Morgan fingerprint density at radius 3 is 2.71 bits per heavy atom. The summed E-state index contributed by atoms with van der Waals surface area (Å²) in [6.45, 7) is 1.67. The summed E-state index contributed by atoms with van der Waals surface area (Å²) in [7, 11) is 0. The number of carbonyl (C=O) groups is 1. The van der Waals surface area contributed by atoms with Crippen molar-refractivity contribution in [1.82, 2.24) is 24.2 Å². The highest BCUT2D eigenvalue weighted by atomic mass is 32.2. The molecule has 2 aliphatic rings. The summed E-state index contributed by atoms with van der Waals surface area (Å²) in [5, 5.41) is 5.55. The zero-order chi connectivity index (χ0) is 19.1. The molecule has 0 saturated carbocycles. The number of hydrogen-bond acceptors (Lipinski definition) is 5. The van der Waals surface area contributed by atoms with Crippen molar-refractivity contribution >= 4 is 28.7 Å². The molecule has 2 aliphatic heterocycles. The van der Waals surface area contributed by atoms with Crippen molar-refractivity contribution in [2.24, 2.45) is 0 Å². The van der Waals surface area contributed by atoms with Gasteiger partial charge >= 0.3 is 0 Å². The molecular weight excluding hydrogens is 374 g/mol. The lowest BCUT2D eigenvalue weighted by Gasteiger charge is -2.28. The number of amides is 1. The van der Waals surface area contributed by atoms with Crippen molar-refractivity contribution in [1.29, 1.82) is 0 Å². The van der Waals surface area contributed by atoms with Gasteiger partial charge in [-0.05, 0) is 31.4 Å². The van der Waals surface area contributed by atoms with Crippen molar-refractivity contribution < 1.29 is 4.79 Å². The van der Waals surface area contributed by atoms with Gasteiger partial charge in [-0.2, -0.15) is 5.10 Å². The number of para-hydroxylation sites is 1. The van der Waals surface area contributed by atoms with Crippen LogP contribution in [-0.2, 0) is 4.79 Å². The van der Waals surface area contributed by atoms with E-state index in [2.05, 4.69) is 5.10 Å². The van der Waals surface area contributed by atoms with Crippen LogP contribution in [0.5, 0.6) is 0 Å². The van der Waals surface area contributed by atoms with E-state index in [4.69, 9.17) is 4.98 Å². The summed E-state index contributed by atoms with van der Waals surface area (Å²) in [5.74, 6) is 0.845. The van der Waals surface area contributed by atoms with Gasteiger partial charge in [0.1, 0.15) is 5.39 Å². The van der Waals surface area contributed by atoms with E-state index >= 15 is 0 Å². The van der Waals surface area contributed by atoms with Gasteiger partial charge in [-0.15, -0.1) is 0 Å². The molecule has 1 aromatic carbocycles. The van der Waals surface area contributed by atoms with Crippen LogP contribution in [0.2, 0.25) is 0 Å². The van der Waals surface area contributed by atoms with Gasteiger partial charge in [-0.1, -0.05) is 30.0 Å². The fraction of sp³-hybridized carbons (Fsp3) is 0.400. The maximum absolute atomic E-state index is 13.2. The van der Waals surface area contributed by atoms with Crippen LogP contribution >= 0.6 is 11.8 Å². The normalized spacial score (nSPS) is 19.1. The summed E-state index contributed by atoms with van der Waals surface area (Å²) in [5.41, 5.74) is 1.33. The highest BCUT2D eigenvalue weighted by Gasteiger charge is 2.31. The van der Waals surface area contributed by atoms with Crippen LogP contribution < -0.4 is 5.56 Å². The lowest BCUT2D eigenvalue weighted by atomic mass is 10.1. The number of nitrogens with zero attached hydrogens (tertiary/aromatic N) is 5. The third kappa shape index (κ3) is 2.92. The quantitative estimate of drug-likeness (QED) is 0.638. The average Bonchev–Trinajstić information content (AvgIpc) is 3.34. The number of rotatable bonds is 3. The molecule has 2 aromatic heterocycles. The summed E-state index contributed by atoms with van der Waals surface area (Å²) in [4.78, 5) is 32.5. The van der Waals surface area contributed by atoms with Gasteiger partial charge in [-0.25, -0.2) is 9.67 Å². The molecule has 1 saturated heterocycles. The van der Waals surface area contributed by atoms with Crippen LogP contribution in [0.4, 0.5) is 0 Å². The van der Waals surface area contributed by atoms with Crippen LogP contribution in [0.25, 0.3) is 16.7 Å². The molecule has 0 aliphatic carbocycles. The van der Waals surface area contributed by atoms with Crippen molar-refractivity contribution in [3.8, 4) is 5.69 Å². The predicted molar refractivity (Wildman–Crippen MR) is 108 cm³/mol. The Balaban J connectivity index is 1.49. The Bertz CT molecular complexity index is 1090. The highest BCUT2D eigenvalue weighted by molar-refractivity contribution is 7.99.